The third-order valence-corrected chi connectivity index (χ3v) is 0.669. The topological polar surface area (TPSA) is 25.8 Å². The summed E-state index contributed by atoms with van der Waals surface area (Å²) in [7, 11) is 0. The molecule has 0 atom stereocenters. The zero-order chi connectivity index (χ0) is 5.11. The number of aromatic nitrogens is 2. The third kappa shape index (κ3) is 4.90. The van der Waals surface area contributed by atoms with E-state index in [1.807, 2.05) is 0 Å². The van der Waals surface area contributed by atoms with Crippen molar-refractivity contribution in [1.29, 1.82) is 0 Å². The van der Waals surface area contributed by atoms with Gasteiger partial charge in [-0.05, 0) is 0 Å². The molecule has 0 aromatic carbocycles. The van der Waals surface area contributed by atoms with Gasteiger partial charge in [0.2, 0.25) is 0 Å². The zero-order valence-corrected chi connectivity index (χ0v) is 7.44. The first-order chi connectivity index (χ1) is 3.39. The molecule has 0 aliphatic heterocycles. The van der Waals surface area contributed by atoms with Crippen molar-refractivity contribution >= 4 is 34.7 Å². The minimum atomic E-state index is 0. The summed E-state index contributed by atoms with van der Waals surface area (Å²) in [5, 5.41) is 0.238. The molecular weight excluding hydrogens is 171 g/mol. The van der Waals surface area contributed by atoms with E-state index in [0.29, 0.717) is 0 Å². The van der Waals surface area contributed by atoms with Crippen molar-refractivity contribution in [2.45, 2.75) is 0 Å². The Labute approximate surface area is 80.6 Å². The van der Waals surface area contributed by atoms with Crippen LogP contribution in [0.4, 0.5) is 0 Å². The fourth-order valence-corrected chi connectivity index (χ4v) is 0.357. The zero-order valence-electron chi connectivity index (χ0n) is 4.51. The van der Waals surface area contributed by atoms with E-state index in [2.05, 4.69) is 16.2 Å². The maximum absolute atomic E-state index is 5.29. The second-order valence-electron chi connectivity index (χ2n) is 0.955. The van der Waals surface area contributed by atoms with Crippen molar-refractivity contribution in [1.82, 2.24) is 9.97 Å². The SMILES string of the molecule is Clc1n[c-]ccn1.[Cl-].[Mg+2]. The minimum absolute atomic E-state index is 0. The second kappa shape index (κ2) is 6.54. The first kappa shape index (κ1) is 12.1. The Balaban J connectivity index is 0. The molecule has 0 amide bonds. The number of halogens is 2. The molecule has 1 aromatic rings. The van der Waals surface area contributed by atoms with Gasteiger partial charge in [0, 0.05) is 0 Å². The van der Waals surface area contributed by atoms with E-state index >= 15 is 0 Å². The first-order valence-corrected chi connectivity index (χ1v) is 2.12. The Morgan fingerprint density at radius 1 is 1.56 bits per heavy atom. The summed E-state index contributed by atoms with van der Waals surface area (Å²) in [6, 6.07) is 1.59. The van der Waals surface area contributed by atoms with E-state index in [0.717, 1.165) is 0 Å². The molecular formula is C4H2Cl2MgN2. The van der Waals surface area contributed by atoms with Gasteiger partial charge in [-0.15, -0.1) is 17.7 Å². The van der Waals surface area contributed by atoms with Gasteiger partial charge < -0.3 is 22.4 Å². The maximum atomic E-state index is 5.29. The van der Waals surface area contributed by atoms with Crippen molar-refractivity contribution in [3.8, 4) is 0 Å². The van der Waals surface area contributed by atoms with Crippen LogP contribution in [0.25, 0.3) is 0 Å². The van der Waals surface area contributed by atoms with Crippen LogP contribution in [0.1, 0.15) is 0 Å². The Kier molecular flexibility index (Phi) is 8.83. The molecule has 0 bridgehead atoms. The molecule has 0 aliphatic carbocycles. The average molecular weight is 173 g/mol. The van der Waals surface area contributed by atoms with E-state index in [-0.39, 0.29) is 40.7 Å². The molecule has 0 spiro atoms. The van der Waals surface area contributed by atoms with E-state index in [1.165, 1.54) is 6.20 Å². The molecule has 9 heavy (non-hydrogen) atoms. The van der Waals surface area contributed by atoms with Gasteiger partial charge in [0.25, 0.3) is 0 Å². The minimum Gasteiger partial charge on any atom is -1.00 e. The molecule has 0 unspecified atom stereocenters. The van der Waals surface area contributed by atoms with Gasteiger partial charge in [0.15, 0.2) is 0 Å². The Morgan fingerprint density at radius 2 is 2.22 bits per heavy atom. The summed E-state index contributed by atoms with van der Waals surface area (Å²) in [5.74, 6) is 0. The van der Waals surface area contributed by atoms with Gasteiger partial charge in [-0.1, -0.05) is 12.4 Å². The predicted molar refractivity (Wildman–Crippen MR) is 31.6 cm³/mol. The van der Waals surface area contributed by atoms with Crippen LogP contribution in [0.5, 0.6) is 0 Å². The van der Waals surface area contributed by atoms with Gasteiger partial charge in [-0.25, -0.2) is 0 Å². The maximum Gasteiger partial charge on any atom is 2.00 e. The number of rotatable bonds is 0. The van der Waals surface area contributed by atoms with Crippen LogP contribution in [-0.4, -0.2) is 33.0 Å². The molecule has 1 rings (SSSR count). The molecule has 0 fully saturated rings. The number of hydrogen-bond donors (Lipinski definition) is 0. The van der Waals surface area contributed by atoms with Crippen LogP contribution in [0.2, 0.25) is 5.28 Å². The van der Waals surface area contributed by atoms with Crippen LogP contribution in [0.3, 0.4) is 0 Å². The quantitative estimate of drug-likeness (QED) is 0.247. The molecule has 0 radical (unpaired) electrons. The van der Waals surface area contributed by atoms with E-state index < -0.39 is 0 Å². The summed E-state index contributed by atoms with van der Waals surface area (Å²) in [6.45, 7) is 0. The number of nitrogens with zero attached hydrogens (tertiary/aromatic N) is 2. The van der Waals surface area contributed by atoms with Gasteiger partial charge in [-0.2, -0.15) is 0 Å². The van der Waals surface area contributed by atoms with Crippen molar-refractivity contribution < 1.29 is 12.4 Å². The molecule has 0 saturated heterocycles. The second-order valence-corrected chi connectivity index (χ2v) is 1.29. The fraction of sp³-hybridized carbons (Fsp3) is 0. The third-order valence-electron chi connectivity index (χ3n) is 0.487. The summed E-state index contributed by atoms with van der Waals surface area (Å²) in [4.78, 5) is 7.11. The van der Waals surface area contributed by atoms with Crippen molar-refractivity contribution in [2.24, 2.45) is 0 Å². The average Bonchev–Trinajstić information content (AvgIpc) is 1.69. The van der Waals surface area contributed by atoms with Crippen molar-refractivity contribution in [3.63, 3.8) is 0 Å². The Hall–Kier alpha value is 0.426. The van der Waals surface area contributed by atoms with E-state index in [9.17, 15) is 0 Å². The molecule has 0 saturated carbocycles. The monoisotopic (exact) mass is 172 g/mol. The Bertz CT molecular complexity index is 146. The van der Waals surface area contributed by atoms with Crippen LogP contribution in [-0.2, 0) is 0 Å². The van der Waals surface area contributed by atoms with Gasteiger partial charge >= 0.3 is 23.1 Å². The van der Waals surface area contributed by atoms with Crippen LogP contribution < -0.4 is 12.4 Å². The molecule has 2 nitrogen and oxygen atoms in total. The van der Waals surface area contributed by atoms with E-state index in [4.69, 9.17) is 11.6 Å². The van der Waals surface area contributed by atoms with Crippen molar-refractivity contribution in [3.05, 3.63) is 23.7 Å². The molecule has 0 N–H and O–H groups in total. The molecule has 0 aliphatic rings. The van der Waals surface area contributed by atoms with Gasteiger partial charge in [-0.3, -0.25) is 0 Å². The molecule has 5 heteroatoms. The largest absolute Gasteiger partial charge is 2.00 e. The van der Waals surface area contributed by atoms with Gasteiger partial charge in [0.1, 0.15) is 5.28 Å². The molecule has 1 aromatic heterocycles. The van der Waals surface area contributed by atoms with Crippen LogP contribution in [0.15, 0.2) is 12.3 Å². The Morgan fingerprint density at radius 3 is 2.44 bits per heavy atom. The number of hydrogen-bond acceptors (Lipinski definition) is 2. The summed E-state index contributed by atoms with van der Waals surface area (Å²) in [6.07, 6.45) is 4.05. The van der Waals surface area contributed by atoms with Crippen LogP contribution in [0, 0.1) is 6.20 Å². The predicted octanol–water partition coefficient (Wildman–Crippen LogP) is -2.45. The standard InChI is InChI=1S/C4H2ClN2.ClH.Mg/c5-4-6-2-1-3-7-4;;/h1-2H;1H;/q-1;;+2/p-1. The fourth-order valence-electron chi connectivity index (χ4n) is 0.252. The van der Waals surface area contributed by atoms with Crippen molar-refractivity contribution in [2.75, 3.05) is 0 Å². The normalized spacial score (nSPS) is 6.78. The molecule has 1 heterocycles. The smallest absolute Gasteiger partial charge is 1.00 e. The molecule has 44 valence electrons. The van der Waals surface area contributed by atoms with Crippen LogP contribution >= 0.6 is 11.6 Å². The van der Waals surface area contributed by atoms with Gasteiger partial charge in [0.05, 0.1) is 0 Å². The summed E-state index contributed by atoms with van der Waals surface area (Å²) >= 11 is 5.29. The first-order valence-electron chi connectivity index (χ1n) is 1.74. The summed E-state index contributed by atoms with van der Waals surface area (Å²) < 4.78 is 0. The van der Waals surface area contributed by atoms with E-state index in [1.54, 1.807) is 6.07 Å². The summed E-state index contributed by atoms with van der Waals surface area (Å²) in [5.41, 5.74) is 0.